The molecule has 3 aromatic rings. The van der Waals surface area contributed by atoms with E-state index in [9.17, 15) is 18.0 Å². The summed E-state index contributed by atoms with van der Waals surface area (Å²) in [5.74, 6) is -0.822. The first-order valence-electron chi connectivity index (χ1n) is 14.6. The summed E-state index contributed by atoms with van der Waals surface area (Å²) >= 11 is 12.6. The van der Waals surface area contributed by atoms with Crippen LogP contribution in [0.15, 0.2) is 65.6 Å². The second-order valence-electron chi connectivity index (χ2n) is 11.4. The van der Waals surface area contributed by atoms with Gasteiger partial charge in [-0.2, -0.15) is 0 Å². The van der Waals surface area contributed by atoms with Gasteiger partial charge in [-0.15, -0.1) is 0 Å². The molecule has 1 atom stereocenters. The summed E-state index contributed by atoms with van der Waals surface area (Å²) < 4.78 is 29.3. The lowest BCUT2D eigenvalue weighted by Crippen LogP contribution is -2.53. The van der Waals surface area contributed by atoms with Gasteiger partial charge < -0.3 is 10.2 Å². The molecule has 0 radical (unpaired) electrons. The fraction of sp³-hybridized carbons (Fsp3) is 0.394. The van der Waals surface area contributed by atoms with Crippen molar-refractivity contribution >= 4 is 50.7 Å². The Morgan fingerprint density at radius 1 is 0.907 bits per heavy atom. The van der Waals surface area contributed by atoms with Crippen LogP contribution in [0.4, 0.5) is 5.69 Å². The summed E-state index contributed by atoms with van der Waals surface area (Å²) in [5.41, 5.74) is 3.57. The fourth-order valence-corrected chi connectivity index (χ4v) is 7.37. The van der Waals surface area contributed by atoms with Crippen molar-refractivity contribution in [3.05, 3.63) is 93.0 Å². The van der Waals surface area contributed by atoms with Crippen molar-refractivity contribution in [1.82, 2.24) is 10.2 Å². The van der Waals surface area contributed by atoms with Crippen LogP contribution in [0, 0.1) is 20.8 Å². The van der Waals surface area contributed by atoms with E-state index < -0.39 is 28.5 Å². The smallest absolute Gasteiger partial charge is 0.264 e. The molecule has 1 aliphatic rings. The number of hydrogen-bond donors (Lipinski definition) is 1. The predicted molar refractivity (Wildman–Crippen MR) is 173 cm³/mol. The number of halogens is 2. The van der Waals surface area contributed by atoms with Gasteiger partial charge in [-0.1, -0.05) is 83.9 Å². The summed E-state index contributed by atoms with van der Waals surface area (Å²) in [5, 5.41) is 3.90. The highest BCUT2D eigenvalue weighted by atomic mass is 35.5. The molecule has 4 rings (SSSR count). The molecule has 0 heterocycles. The molecule has 0 bridgehead atoms. The Hall–Kier alpha value is -3.07. The van der Waals surface area contributed by atoms with E-state index in [-0.39, 0.29) is 23.4 Å². The number of aryl methyl sites for hydroxylation is 3. The van der Waals surface area contributed by atoms with E-state index in [4.69, 9.17) is 23.2 Å². The molecule has 0 unspecified atom stereocenters. The maximum Gasteiger partial charge on any atom is 0.264 e. The maximum absolute atomic E-state index is 14.2. The van der Waals surface area contributed by atoms with Gasteiger partial charge in [0.2, 0.25) is 11.8 Å². The first kappa shape index (κ1) is 32.8. The van der Waals surface area contributed by atoms with Crippen LogP contribution in [0.5, 0.6) is 0 Å². The fourth-order valence-electron chi connectivity index (χ4n) is 5.42. The van der Waals surface area contributed by atoms with Gasteiger partial charge in [0.15, 0.2) is 0 Å². The van der Waals surface area contributed by atoms with Gasteiger partial charge in [0.25, 0.3) is 10.0 Å². The first-order chi connectivity index (χ1) is 20.4. The van der Waals surface area contributed by atoms with E-state index in [2.05, 4.69) is 5.32 Å². The van der Waals surface area contributed by atoms with Crippen molar-refractivity contribution < 1.29 is 18.0 Å². The third-order valence-corrected chi connectivity index (χ3v) is 10.3. The quantitative estimate of drug-likeness (QED) is 0.258. The van der Waals surface area contributed by atoms with Crippen molar-refractivity contribution in [3.8, 4) is 0 Å². The molecule has 1 aliphatic carbocycles. The number of amides is 2. The molecule has 7 nitrogen and oxygen atoms in total. The highest BCUT2D eigenvalue weighted by Gasteiger charge is 2.34. The number of nitrogens with zero attached hydrogens (tertiary/aromatic N) is 2. The Kier molecular flexibility index (Phi) is 10.8. The molecular formula is C33H39Cl2N3O4S. The minimum Gasteiger partial charge on any atom is -0.352 e. The molecule has 230 valence electrons. The molecule has 1 fully saturated rings. The normalized spacial score (nSPS) is 14.7. The van der Waals surface area contributed by atoms with Gasteiger partial charge >= 0.3 is 0 Å². The molecule has 3 aromatic carbocycles. The summed E-state index contributed by atoms with van der Waals surface area (Å²) in [4.78, 5) is 29.2. The monoisotopic (exact) mass is 643 g/mol. The minimum absolute atomic E-state index is 0.000607. The summed E-state index contributed by atoms with van der Waals surface area (Å²) in [6.45, 7) is 6.77. The van der Waals surface area contributed by atoms with Gasteiger partial charge in [0, 0.05) is 22.6 Å². The Balaban J connectivity index is 1.72. The topological polar surface area (TPSA) is 86.8 Å². The summed E-state index contributed by atoms with van der Waals surface area (Å²) in [7, 11) is -4.15. The van der Waals surface area contributed by atoms with Crippen LogP contribution >= 0.6 is 23.2 Å². The van der Waals surface area contributed by atoms with Gasteiger partial charge in [-0.05, 0) is 82.0 Å². The van der Waals surface area contributed by atoms with E-state index in [0.29, 0.717) is 26.9 Å². The lowest BCUT2D eigenvalue weighted by Gasteiger charge is -2.33. The van der Waals surface area contributed by atoms with Crippen LogP contribution in [0.2, 0.25) is 10.0 Å². The predicted octanol–water partition coefficient (Wildman–Crippen LogP) is 6.98. The van der Waals surface area contributed by atoms with Gasteiger partial charge in [0.1, 0.15) is 12.6 Å². The highest BCUT2D eigenvalue weighted by Crippen LogP contribution is 2.29. The largest absolute Gasteiger partial charge is 0.352 e. The van der Waals surface area contributed by atoms with E-state index >= 15 is 0 Å². The van der Waals surface area contributed by atoms with Crippen molar-refractivity contribution in [1.29, 1.82) is 0 Å². The van der Waals surface area contributed by atoms with E-state index in [1.54, 1.807) is 43.3 Å². The number of carbonyl (C=O) groups is 2. The van der Waals surface area contributed by atoms with Crippen LogP contribution < -0.4 is 9.62 Å². The number of rotatable bonds is 10. The number of carbonyl (C=O) groups excluding carboxylic acids is 2. The zero-order valence-corrected chi connectivity index (χ0v) is 27.4. The Morgan fingerprint density at radius 2 is 1.56 bits per heavy atom. The zero-order chi connectivity index (χ0) is 31.3. The van der Waals surface area contributed by atoms with Crippen molar-refractivity contribution in [2.75, 3.05) is 10.8 Å². The van der Waals surface area contributed by atoms with E-state index in [0.717, 1.165) is 47.5 Å². The molecule has 1 N–H and O–H groups in total. The molecule has 0 aliphatic heterocycles. The van der Waals surface area contributed by atoms with Gasteiger partial charge in [-0.3, -0.25) is 13.9 Å². The van der Waals surface area contributed by atoms with Crippen LogP contribution in [-0.2, 0) is 26.2 Å². The number of hydrogen-bond acceptors (Lipinski definition) is 4. The standard InChI is InChI=1S/C33H39Cl2N3O4S/c1-22-10-15-29(16-11-22)43(41,42)38(31-17-12-23(2)18-24(31)3)21-32(39)37(20-26-13-14-27(34)19-30(26)35)25(4)33(40)36-28-8-6-5-7-9-28/h10-19,25,28H,5-9,20-21H2,1-4H3,(H,36,40)/t25-/m0/s1. The summed E-state index contributed by atoms with van der Waals surface area (Å²) in [6.07, 6.45) is 5.02. The first-order valence-corrected chi connectivity index (χ1v) is 16.8. The lowest BCUT2D eigenvalue weighted by atomic mass is 9.95. The third kappa shape index (κ3) is 8.11. The van der Waals surface area contributed by atoms with Crippen molar-refractivity contribution in [2.24, 2.45) is 0 Å². The third-order valence-electron chi connectivity index (χ3n) is 7.98. The molecular weight excluding hydrogens is 605 g/mol. The number of nitrogens with one attached hydrogen (secondary N) is 1. The molecule has 1 saturated carbocycles. The van der Waals surface area contributed by atoms with Crippen LogP contribution in [0.25, 0.3) is 0 Å². The molecule has 0 saturated heterocycles. The number of sulfonamides is 1. The van der Waals surface area contributed by atoms with Crippen molar-refractivity contribution in [2.45, 2.75) is 83.3 Å². The Bertz CT molecular complexity index is 1570. The second-order valence-corrected chi connectivity index (χ2v) is 14.1. The van der Waals surface area contributed by atoms with Crippen LogP contribution in [0.3, 0.4) is 0 Å². The average molecular weight is 645 g/mol. The number of benzene rings is 3. The molecule has 0 spiro atoms. The Labute approximate surface area is 265 Å². The SMILES string of the molecule is Cc1ccc(S(=O)(=O)N(CC(=O)N(Cc2ccc(Cl)cc2Cl)[C@@H](C)C(=O)NC2CCCCC2)c2ccc(C)cc2C)cc1. The zero-order valence-electron chi connectivity index (χ0n) is 25.1. The maximum atomic E-state index is 14.2. The average Bonchev–Trinajstić information content (AvgIpc) is 2.96. The molecule has 2 amide bonds. The van der Waals surface area contributed by atoms with Gasteiger partial charge in [0.05, 0.1) is 10.6 Å². The van der Waals surface area contributed by atoms with E-state index in [1.807, 2.05) is 32.9 Å². The molecule has 43 heavy (non-hydrogen) atoms. The molecule has 0 aromatic heterocycles. The van der Waals surface area contributed by atoms with Crippen molar-refractivity contribution in [3.63, 3.8) is 0 Å². The van der Waals surface area contributed by atoms with Crippen LogP contribution in [-0.4, -0.2) is 43.8 Å². The van der Waals surface area contributed by atoms with E-state index in [1.165, 1.54) is 17.0 Å². The lowest BCUT2D eigenvalue weighted by molar-refractivity contribution is -0.139. The van der Waals surface area contributed by atoms with Crippen LogP contribution in [0.1, 0.15) is 61.3 Å². The van der Waals surface area contributed by atoms with Gasteiger partial charge in [-0.25, -0.2) is 8.42 Å². The highest BCUT2D eigenvalue weighted by molar-refractivity contribution is 7.92. The second kappa shape index (κ2) is 14.1. The molecule has 10 heteroatoms. The minimum atomic E-state index is -4.15. The summed E-state index contributed by atoms with van der Waals surface area (Å²) in [6, 6.07) is 16.1. The Morgan fingerprint density at radius 3 is 2.19 bits per heavy atom. The number of anilines is 1.